The van der Waals surface area contributed by atoms with E-state index >= 15 is 0 Å². The Hall–Kier alpha value is -1.95. The minimum atomic E-state index is 0.307. The van der Waals surface area contributed by atoms with Crippen LogP contribution in [0.15, 0.2) is 29.0 Å². The Morgan fingerprint density at radius 1 is 1.20 bits per heavy atom. The van der Waals surface area contributed by atoms with E-state index in [0.717, 1.165) is 11.3 Å². The predicted molar refractivity (Wildman–Crippen MR) is 58.5 cm³/mol. The van der Waals surface area contributed by atoms with E-state index in [1.165, 1.54) is 4.52 Å². The molecule has 0 aliphatic heterocycles. The molecule has 0 unspecified atom stereocenters. The molecule has 0 bridgehead atoms. The Labute approximate surface area is 89.2 Å². The summed E-state index contributed by atoms with van der Waals surface area (Å²) in [7, 11) is 0. The molecule has 3 aromatic rings. The number of anilines is 1. The average Bonchev–Trinajstić information content (AvgIpc) is 2.88. The van der Waals surface area contributed by atoms with Crippen molar-refractivity contribution in [3.63, 3.8) is 0 Å². The fourth-order valence-electron chi connectivity index (χ4n) is 1.37. The van der Waals surface area contributed by atoms with Gasteiger partial charge in [0.15, 0.2) is 5.65 Å². The minimum Gasteiger partial charge on any atom is -0.366 e. The standard InChI is InChI=1S/C9H7N5S/c10-9-12-11-8-2-1-7(13-14(8)9)6-3-4-15-5-6/h1-5H,(H2,10,12). The maximum absolute atomic E-state index is 5.63. The van der Waals surface area contributed by atoms with Crippen molar-refractivity contribution in [1.82, 2.24) is 19.8 Å². The predicted octanol–water partition coefficient (Wildman–Crippen LogP) is 1.43. The molecule has 0 spiro atoms. The van der Waals surface area contributed by atoms with Gasteiger partial charge in [-0.05, 0) is 23.6 Å². The SMILES string of the molecule is Nc1nnc2ccc(-c3ccsc3)nn12. The lowest BCUT2D eigenvalue weighted by molar-refractivity contribution is 0.947. The van der Waals surface area contributed by atoms with Crippen LogP contribution in [-0.4, -0.2) is 19.8 Å². The number of nitrogen functional groups attached to an aromatic ring is 1. The van der Waals surface area contributed by atoms with Crippen LogP contribution >= 0.6 is 11.3 Å². The third-order valence-corrected chi connectivity index (χ3v) is 2.79. The first-order valence-corrected chi connectivity index (χ1v) is 5.29. The molecule has 0 saturated carbocycles. The number of nitrogens with two attached hydrogens (primary N) is 1. The number of rotatable bonds is 1. The first kappa shape index (κ1) is 8.37. The molecule has 15 heavy (non-hydrogen) atoms. The van der Waals surface area contributed by atoms with E-state index in [2.05, 4.69) is 15.3 Å². The highest BCUT2D eigenvalue weighted by molar-refractivity contribution is 7.08. The monoisotopic (exact) mass is 217 g/mol. The lowest BCUT2D eigenvalue weighted by Crippen LogP contribution is -1.99. The fraction of sp³-hybridized carbons (Fsp3) is 0. The fourth-order valence-corrected chi connectivity index (χ4v) is 2.02. The van der Waals surface area contributed by atoms with Gasteiger partial charge in [-0.15, -0.1) is 10.2 Å². The second-order valence-corrected chi connectivity index (χ2v) is 3.84. The molecule has 0 aliphatic carbocycles. The molecular weight excluding hydrogens is 210 g/mol. The minimum absolute atomic E-state index is 0.307. The second kappa shape index (κ2) is 3.03. The molecule has 0 aliphatic rings. The van der Waals surface area contributed by atoms with Gasteiger partial charge in [-0.2, -0.15) is 21.0 Å². The Morgan fingerprint density at radius 3 is 2.93 bits per heavy atom. The van der Waals surface area contributed by atoms with Crippen molar-refractivity contribution in [2.45, 2.75) is 0 Å². The first-order valence-electron chi connectivity index (χ1n) is 4.35. The molecule has 0 aromatic carbocycles. The van der Waals surface area contributed by atoms with Crippen LogP contribution in [0.1, 0.15) is 0 Å². The highest BCUT2D eigenvalue weighted by Crippen LogP contribution is 2.20. The van der Waals surface area contributed by atoms with Crippen LogP contribution < -0.4 is 5.73 Å². The highest BCUT2D eigenvalue weighted by Gasteiger charge is 2.05. The zero-order chi connectivity index (χ0) is 10.3. The van der Waals surface area contributed by atoms with Gasteiger partial charge in [0.25, 0.3) is 0 Å². The Balaban J connectivity index is 2.25. The van der Waals surface area contributed by atoms with Gasteiger partial charge in [0, 0.05) is 10.9 Å². The molecule has 2 N–H and O–H groups in total. The molecule has 0 fully saturated rings. The largest absolute Gasteiger partial charge is 0.366 e. The van der Waals surface area contributed by atoms with Gasteiger partial charge in [-0.3, -0.25) is 0 Å². The lowest BCUT2D eigenvalue weighted by atomic mass is 10.2. The summed E-state index contributed by atoms with van der Waals surface area (Å²) < 4.78 is 1.53. The van der Waals surface area contributed by atoms with Gasteiger partial charge in [-0.25, -0.2) is 0 Å². The Morgan fingerprint density at radius 2 is 2.13 bits per heavy atom. The van der Waals surface area contributed by atoms with E-state index in [1.54, 1.807) is 11.3 Å². The Bertz CT molecular complexity index is 598. The normalized spacial score (nSPS) is 10.9. The Kier molecular flexibility index (Phi) is 1.69. The summed E-state index contributed by atoms with van der Waals surface area (Å²) in [6, 6.07) is 5.77. The lowest BCUT2D eigenvalue weighted by Gasteiger charge is -1.97. The molecule has 3 heterocycles. The van der Waals surface area contributed by atoms with Crippen molar-refractivity contribution in [2.24, 2.45) is 0 Å². The van der Waals surface area contributed by atoms with Gasteiger partial charge in [0.2, 0.25) is 5.95 Å². The maximum atomic E-state index is 5.63. The summed E-state index contributed by atoms with van der Waals surface area (Å²) >= 11 is 1.63. The molecule has 5 nitrogen and oxygen atoms in total. The molecule has 0 atom stereocenters. The van der Waals surface area contributed by atoms with Crippen LogP contribution in [0.25, 0.3) is 16.9 Å². The topological polar surface area (TPSA) is 69.1 Å². The molecule has 74 valence electrons. The maximum Gasteiger partial charge on any atom is 0.243 e. The first-order chi connectivity index (χ1) is 7.34. The molecule has 0 radical (unpaired) electrons. The number of fused-ring (bicyclic) bond motifs is 1. The summed E-state index contributed by atoms with van der Waals surface area (Å²) in [4.78, 5) is 0. The summed E-state index contributed by atoms with van der Waals surface area (Å²) in [6.45, 7) is 0. The van der Waals surface area contributed by atoms with Crippen molar-refractivity contribution in [1.29, 1.82) is 0 Å². The zero-order valence-electron chi connectivity index (χ0n) is 7.66. The van der Waals surface area contributed by atoms with Crippen LogP contribution in [0.3, 0.4) is 0 Å². The quantitative estimate of drug-likeness (QED) is 0.669. The number of nitrogens with zero attached hydrogens (tertiary/aromatic N) is 4. The van der Waals surface area contributed by atoms with Crippen LogP contribution in [0.5, 0.6) is 0 Å². The molecule has 3 rings (SSSR count). The van der Waals surface area contributed by atoms with Crippen LogP contribution in [-0.2, 0) is 0 Å². The van der Waals surface area contributed by atoms with Crippen LogP contribution in [0.2, 0.25) is 0 Å². The number of thiophene rings is 1. The highest BCUT2D eigenvalue weighted by atomic mass is 32.1. The van der Waals surface area contributed by atoms with Crippen molar-refractivity contribution in [2.75, 3.05) is 5.73 Å². The molecular formula is C9H7N5S. The van der Waals surface area contributed by atoms with Crippen molar-refractivity contribution >= 4 is 22.9 Å². The van der Waals surface area contributed by atoms with Crippen molar-refractivity contribution in [3.8, 4) is 11.3 Å². The van der Waals surface area contributed by atoms with Crippen molar-refractivity contribution in [3.05, 3.63) is 29.0 Å². The second-order valence-electron chi connectivity index (χ2n) is 3.06. The van der Waals surface area contributed by atoms with E-state index in [4.69, 9.17) is 5.73 Å². The van der Waals surface area contributed by atoms with Gasteiger partial charge in [-0.1, -0.05) is 0 Å². The molecule has 6 heteroatoms. The number of hydrogen-bond acceptors (Lipinski definition) is 5. The molecule has 3 aromatic heterocycles. The summed E-state index contributed by atoms with van der Waals surface area (Å²) in [5, 5.41) is 16.0. The summed E-state index contributed by atoms with van der Waals surface area (Å²) in [5.74, 6) is 0.307. The van der Waals surface area contributed by atoms with Crippen LogP contribution in [0.4, 0.5) is 5.95 Å². The summed E-state index contributed by atoms with van der Waals surface area (Å²) in [6.07, 6.45) is 0. The molecule has 0 amide bonds. The third kappa shape index (κ3) is 1.26. The third-order valence-electron chi connectivity index (χ3n) is 2.10. The average molecular weight is 217 g/mol. The zero-order valence-corrected chi connectivity index (χ0v) is 8.48. The van der Waals surface area contributed by atoms with Crippen LogP contribution in [0, 0.1) is 0 Å². The number of aromatic nitrogens is 4. The van der Waals surface area contributed by atoms with E-state index in [0.29, 0.717) is 11.6 Å². The van der Waals surface area contributed by atoms with Gasteiger partial charge >= 0.3 is 0 Å². The van der Waals surface area contributed by atoms with E-state index in [9.17, 15) is 0 Å². The van der Waals surface area contributed by atoms with E-state index < -0.39 is 0 Å². The smallest absolute Gasteiger partial charge is 0.243 e. The van der Waals surface area contributed by atoms with Gasteiger partial charge in [0.05, 0.1) is 5.69 Å². The van der Waals surface area contributed by atoms with Gasteiger partial charge in [0.1, 0.15) is 0 Å². The van der Waals surface area contributed by atoms with E-state index in [1.807, 2.05) is 29.0 Å². The van der Waals surface area contributed by atoms with E-state index in [-0.39, 0.29) is 0 Å². The van der Waals surface area contributed by atoms with Crippen molar-refractivity contribution < 1.29 is 0 Å². The van der Waals surface area contributed by atoms with Gasteiger partial charge < -0.3 is 5.73 Å². The molecule has 0 saturated heterocycles. The summed E-state index contributed by atoms with van der Waals surface area (Å²) in [5.41, 5.74) is 8.24. The number of hydrogen-bond donors (Lipinski definition) is 1.